The zero-order valence-electron chi connectivity index (χ0n) is 27.5. The summed E-state index contributed by atoms with van der Waals surface area (Å²) in [5, 5.41) is 13.8. The van der Waals surface area contributed by atoms with Crippen LogP contribution in [0.2, 0.25) is 0 Å². The summed E-state index contributed by atoms with van der Waals surface area (Å²) in [6.45, 7) is 2.35. The summed E-state index contributed by atoms with van der Waals surface area (Å²) in [4.78, 5) is 26.0. The largest absolute Gasteiger partial charge is 0.331 e. The van der Waals surface area contributed by atoms with Gasteiger partial charge in [0.25, 0.3) is 5.56 Å². The van der Waals surface area contributed by atoms with Crippen molar-refractivity contribution in [1.82, 2.24) is 29.3 Å². The van der Waals surface area contributed by atoms with Crippen molar-refractivity contribution in [2.24, 2.45) is 7.05 Å². The van der Waals surface area contributed by atoms with Crippen molar-refractivity contribution in [2.45, 2.75) is 31.8 Å². The lowest BCUT2D eigenvalue weighted by Crippen LogP contribution is -2.39. The van der Waals surface area contributed by atoms with Gasteiger partial charge in [-0.1, -0.05) is 153 Å². The molecule has 2 heterocycles. The highest BCUT2D eigenvalue weighted by Crippen LogP contribution is 2.43. The van der Waals surface area contributed by atoms with Gasteiger partial charge in [-0.2, -0.15) is 0 Å². The molecular weight excluding hydrogens is 608 g/mol. The Morgan fingerprint density at radius 3 is 1.71 bits per heavy atom. The maximum Gasteiger partial charge on any atom is 0.331 e. The van der Waals surface area contributed by atoms with Gasteiger partial charge in [0, 0.05) is 24.4 Å². The molecule has 8 nitrogen and oxygen atoms in total. The Hall–Kier alpha value is -6.15. The molecule has 49 heavy (non-hydrogen) atoms. The molecule has 242 valence electrons. The van der Waals surface area contributed by atoms with Crippen LogP contribution >= 0.6 is 0 Å². The molecule has 0 unspecified atom stereocenters. The highest BCUT2D eigenvalue weighted by Gasteiger charge is 2.42. The maximum absolute atomic E-state index is 13.4. The second kappa shape index (κ2) is 13.5. The Morgan fingerprint density at radius 2 is 1.14 bits per heavy atom. The minimum absolute atomic E-state index is 0.297. The third-order valence-corrected chi connectivity index (χ3v) is 9.16. The third kappa shape index (κ3) is 5.61. The van der Waals surface area contributed by atoms with E-state index < -0.39 is 5.54 Å². The molecule has 0 fully saturated rings. The van der Waals surface area contributed by atoms with Crippen molar-refractivity contribution < 1.29 is 0 Å². The van der Waals surface area contributed by atoms with Crippen LogP contribution in [0, 0.1) is 0 Å². The van der Waals surface area contributed by atoms with Gasteiger partial charge < -0.3 is 0 Å². The summed E-state index contributed by atoms with van der Waals surface area (Å²) in [5.74, 6) is 0.591. The van der Waals surface area contributed by atoms with E-state index in [4.69, 9.17) is 10.3 Å². The third-order valence-electron chi connectivity index (χ3n) is 9.16. The van der Waals surface area contributed by atoms with Crippen LogP contribution in [-0.2, 0) is 25.6 Å². The minimum atomic E-state index is -0.910. The Kier molecular flexibility index (Phi) is 8.68. The van der Waals surface area contributed by atoms with E-state index in [1.807, 2.05) is 103 Å². The lowest BCUT2D eigenvalue weighted by Gasteiger charge is -2.36. The van der Waals surface area contributed by atoms with Crippen molar-refractivity contribution in [1.29, 1.82) is 0 Å². The van der Waals surface area contributed by atoms with Gasteiger partial charge in [0.1, 0.15) is 5.54 Å². The quantitative estimate of drug-likeness (QED) is 0.155. The summed E-state index contributed by atoms with van der Waals surface area (Å²) in [6, 6.07) is 48.7. The van der Waals surface area contributed by atoms with Gasteiger partial charge in [0.2, 0.25) is 0 Å². The van der Waals surface area contributed by atoms with Crippen molar-refractivity contribution in [3.05, 3.63) is 194 Å². The average Bonchev–Trinajstić information content (AvgIpc) is 3.64. The first-order valence-electron chi connectivity index (χ1n) is 16.5. The van der Waals surface area contributed by atoms with Crippen LogP contribution in [0.1, 0.15) is 41.3 Å². The predicted molar refractivity (Wildman–Crippen MR) is 192 cm³/mol. The van der Waals surface area contributed by atoms with Crippen molar-refractivity contribution in [3.8, 4) is 22.5 Å². The summed E-state index contributed by atoms with van der Waals surface area (Å²) >= 11 is 0. The molecule has 0 saturated heterocycles. The van der Waals surface area contributed by atoms with Gasteiger partial charge in [-0.15, -0.1) is 5.10 Å². The fourth-order valence-corrected chi connectivity index (χ4v) is 6.84. The maximum atomic E-state index is 13.4. The predicted octanol–water partition coefficient (Wildman–Crippen LogP) is 6.71. The Labute approximate surface area is 284 Å². The topological polar surface area (TPSA) is 87.6 Å². The summed E-state index contributed by atoms with van der Waals surface area (Å²) in [7, 11) is 1.52. The van der Waals surface area contributed by atoms with E-state index in [9.17, 15) is 9.59 Å². The van der Waals surface area contributed by atoms with E-state index in [-0.39, 0.29) is 11.2 Å². The lowest BCUT2D eigenvalue weighted by molar-refractivity contribution is 0.451. The Bertz CT molecular complexity index is 2230. The number of benzene rings is 5. The van der Waals surface area contributed by atoms with Crippen LogP contribution in [0.5, 0.6) is 0 Å². The van der Waals surface area contributed by atoms with E-state index in [0.29, 0.717) is 18.8 Å². The van der Waals surface area contributed by atoms with Crippen molar-refractivity contribution in [2.75, 3.05) is 0 Å². The van der Waals surface area contributed by atoms with Gasteiger partial charge in [-0.25, -0.2) is 9.48 Å². The second-order valence-corrected chi connectivity index (χ2v) is 12.1. The number of nitrogens with zero attached hydrogens (tertiary/aromatic N) is 6. The molecule has 0 aliphatic rings. The van der Waals surface area contributed by atoms with Gasteiger partial charge in [-0.3, -0.25) is 13.9 Å². The van der Waals surface area contributed by atoms with Crippen LogP contribution in [0.4, 0.5) is 0 Å². The van der Waals surface area contributed by atoms with E-state index in [0.717, 1.165) is 51.1 Å². The normalized spacial score (nSPS) is 11.5. The Morgan fingerprint density at radius 1 is 0.633 bits per heavy atom. The standard InChI is InChI=1S/C41H36N6O2/c1-3-17-34-28-38(48)45(2)40(49)46(34)29-30-18-13-14-25-35(30)36-26-15-16-27-37(36)39-42-43-44-47(39)41(31-19-7-4-8-20-31,32-21-9-5-10-22-32)33-23-11-6-12-24-33/h4-16,18-28H,3,17,29H2,1-2H3. The van der Waals surface area contributed by atoms with Crippen LogP contribution < -0.4 is 11.2 Å². The van der Waals surface area contributed by atoms with Crippen LogP contribution in [0.25, 0.3) is 22.5 Å². The molecule has 0 saturated carbocycles. The number of hydrogen-bond acceptors (Lipinski definition) is 5. The van der Waals surface area contributed by atoms with E-state index in [2.05, 4.69) is 53.7 Å². The first-order valence-corrected chi connectivity index (χ1v) is 16.5. The van der Waals surface area contributed by atoms with E-state index in [1.165, 1.54) is 11.6 Å². The number of tetrazole rings is 1. The lowest BCUT2D eigenvalue weighted by atomic mass is 9.77. The molecule has 8 heteroatoms. The molecule has 0 radical (unpaired) electrons. The zero-order valence-corrected chi connectivity index (χ0v) is 27.5. The molecular formula is C41H36N6O2. The van der Waals surface area contributed by atoms with Crippen molar-refractivity contribution >= 4 is 0 Å². The molecule has 2 aromatic heterocycles. The number of aryl methyl sites for hydroxylation is 1. The molecule has 0 spiro atoms. The fourth-order valence-electron chi connectivity index (χ4n) is 6.84. The van der Waals surface area contributed by atoms with Gasteiger partial charge in [-0.05, 0) is 50.2 Å². The number of rotatable bonds is 10. The molecule has 0 bridgehead atoms. The molecule has 0 N–H and O–H groups in total. The summed E-state index contributed by atoms with van der Waals surface area (Å²) in [6.07, 6.45) is 1.44. The van der Waals surface area contributed by atoms with Crippen molar-refractivity contribution in [3.63, 3.8) is 0 Å². The smallest absolute Gasteiger partial charge is 0.293 e. The Balaban J connectivity index is 1.46. The molecule has 0 atom stereocenters. The highest BCUT2D eigenvalue weighted by molar-refractivity contribution is 5.82. The van der Waals surface area contributed by atoms with Gasteiger partial charge in [0.05, 0.1) is 6.54 Å². The monoisotopic (exact) mass is 644 g/mol. The SMILES string of the molecule is CCCc1cc(=O)n(C)c(=O)n1Cc1ccccc1-c1ccccc1-c1nnnn1C(c1ccccc1)(c1ccccc1)c1ccccc1. The minimum Gasteiger partial charge on any atom is -0.293 e. The first-order chi connectivity index (χ1) is 24.0. The van der Waals surface area contributed by atoms with Crippen LogP contribution in [0.3, 0.4) is 0 Å². The van der Waals surface area contributed by atoms with Crippen LogP contribution in [-0.4, -0.2) is 29.3 Å². The molecule has 0 aliphatic carbocycles. The van der Waals surface area contributed by atoms with Gasteiger partial charge >= 0.3 is 5.69 Å². The zero-order chi connectivity index (χ0) is 33.8. The average molecular weight is 645 g/mol. The fraction of sp³-hybridized carbons (Fsp3) is 0.146. The van der Waals surface area contributed by atoms with E-state index >= 15 is 0 Å². The van der Waals surface area contributed by atoms with E-state index in [1.54, 1.807) is 10.6 Å². The summed E-state index contributed by atoms with van der Waals surface area (Å²) in [5.41, 5.74) is 5.86. The summed E-state index contributed by atoms with van der Waals surface area (Å²) < 4.78 is 4.81. The number of hydrogen-bond donors (Lipinski definition) is 0. The first kappa shape index (κ1) is 31.4. The highest BCUT2D eigenvalue weighted by atomic mass is 16.2. The van der Waals surface area contributed by atoms with Crippen LogP contribution in [0.15, 0.2) is 155 Å². The second-order valence-electron chi connectivity index (χ2n) is 12.1. The molecule has 5 aromatic carbocycles. The molecule has 0 aliphatic heterocycles. The number of aromatic nitrogens is 6. The molecule has 0 amide bonds. The molecule has 7 aromatic rings. The molecule has 7 rings (SSSR count). The van der Waals surface area contributed by atoms with Gasteiger partial charge in [0.15, 0.2) is 5.82 Å².